The summed E-state index contributed by atoms with van der Waals surface area (Å²) in [5.41, 5.74) is 5.90. The molecule has 0 atom stereocenters. The van der Waals surface area contributed by atoms with Crippen molar-refractivity contribution in [2.45, 2.75) is 46.3 Å². The zero-order valence-electron chi connectivity index (χ0n) is 19.9. The van der Waals surface area contributed by atoms with Crippen LogP contribution in [0.15, 0.2) is 65.7 Å². The number of ether oxygens (including phenoxy) is 1. The van der Waals surface area contributed by atoms with Gasteiger partial charge in [-0.1, -0.05) is 29.8 Å². The highest BCUT2D eigenvalue weighted by Crippen LogP contribution is 2.24. The summed E-state index contributed by atoms with van der Waals surface area (Å²) in [6.07, 6.45) is 4.06. The van der Waals surface area contributed by atoms with E-state index in [2.05, 4.69) is 0 Å². The lowest BCUT2D eigenvalue weighted by molar-refractivity contribution is 0.0220. The fraction of sp³-hybridized carbons (Fsp3) is 0.296. The van der Waals surface area contributed by atoms with Gasteiger partial charge in [0, 0.05) is 37.5 Å². The van der Waals surface area contributed by atoms with Crippen molar-refractivity contribution < 1.29 is 9.53 Å². The van der Waals surface area contributed by atoms with E-state index < -0.39 is 5.60 Å². The number of amides is 1. The summed E-state index contributed by atoms with van der Waals surface area (Å²) in [4.78, 5) is 32.0. The van der Waals surface area contributed by atoms with Crippen molar-refractivity contribution in [2.24, 2.45) is 0 Å². The number of nitrogens with zero attached hydrogens (tertiary/aromatic N) is 4. The Hall–Kier alpha value is -3.87. The molecular weight excluding hydrogens is 428 g/mol. The van der Waals surface area contributed by atoms with E-state index in [0.29, 0.717) is 19.5 Å². The molecule has 4 heterocycles. The second-order valence-corrected chi connectivity index (χ2v) is 9.76. The summed E-state index contributed by atoms with van der Waals surface area (Å²) >= 11 is 0. The summed E-state index contributed by atoms with van der Waals surface area (Å²) in [5.74, 6) is 0. The van der Waals surface area contributed by atoms with E-state index in [4.69, 9.17) is 9.72 Å². The molecule has 1 aliphatic rings. The Balaban J connectivity index is 1.44. The lowest BCUT2D eigenvalue weighted by Crippen LogP contribution is -2.40. The topological polar surface area (TPSA) is 68.8 Å². The first-order valence-electron chi connectivity index (χ1n) is 11.5. The van der Waals surface area contributed by atoms with Crippen LogP contribution in [-0.2, 0) is 17.7 Å². The molecule has 0 unspecified atom stereocenters. The molecule has 5 rings (SSSR count). The molecule has 34 heavy (non-hydrogen) atoms. The molecule has 0 radical (unpaired) electrons. The SMILES string of the molecule is Cc1ccc(-c2ccn(-c3ccn4c5c(nc4c3)CCN(C(=O)OC(C)(C)C)C5)c(=O)c2)cc1. The molecule has 1 aromatic carbocycles. The number of benzene rings is 1. The number of carbonyl (C=O) groups is 1. The second-order valence-electron chi connectivity index (χ2n) is 9.76. The Bertz CT molecular complexity index is 1440. The first kappa shape index (κ1) is 21.9. The van der Waals surface area contributed by atoms with E-state index in [1.807, 2.05) is 80.8 Å². The predicted molar refractivity (Wildman–Crippen MR) is 131 cm³/mol. The number of aromatic nitrogens is 3. The van der Waals surface area contributed by atoms with Crippen LogP contribution in [0.1, 0.15) is 37.7 Å². The van der Waals surface area contributed by atoms with Gasteiger partial charge in [0.1, 0.15) is 11.2 Å². The molecule has 3 aromatic heterocycles. The minimum Gasteiger partial charge on any atom is -0.444 e. The second kappa shape index (κ2) is 8.17. The Morgan fingerprint density at radius 3 is 2.47 bits per heavy atom. The average Bonchev–Trinajstić information content (AvgIpc) is 3.15. The average molecular weight is 457 g/mol. The molecule has 0 N–H and O–H groups in total. The van der Waals surface area contributed by atoms with Crippen molar-refractivity contribution >= 4 is 11.7 Å². The van der Waals surface area contributed by atoms with Crippen LogP contribution in [0.5, 0.6) is 0 Å². The van der Waals surface area contributed by atoms with Gasteiger partial charge in [0.2, 0.25) is 0 Å². The van der Waals surface area contributed by atoms with Crippen LogP contribution in [0.3, 0.4) is 0 Å². The number of rotatable bonds is 2. The lowest BCUT2D eigenvalue weighted by atomic mass is 10.1. The van der Waals surface area contributed by atoms with Crippen LogP contribution in [-0.4, -0.2) is 37.1 Å². The van der Waals surface area contributed by atoms with Crippen LogP contribution < -0.4 is 5.56 Å². The third-order valence-corrected chi connectivity index (χ3v) is 5.99. The van der Waals surface area contributed by atoms with E-state index >= 15 is 0 Å². The number of hydrogen-bond acceptors (Lipinski definition) is 4. The molecule has 0 aliphatic carbocycles. The molecular formula is C27H28N4O3. The van der Waals surface area contributed by atoms with E-state index in [9.17, 15) is 9.59 Å². The summed E-state index contributed by atoms with van der Waals surface area (Å²) in [7, 11) is 0. The first-order valence-corrected chi connectivity index (χ1v) is 11.5. The number of pyridine rings is 2. The third kappa shape index (κ3) is 4.21. The maximum atomic E-state index is 12.9. The highest BCUT2D eigenvalue weighted by Gasteiger charge is 2.28. The quantitative estimate of drug-likeness (QED) is 0.436. The summed E-state index contributed by atoms with van der Waals surface area (Å²) in [6.45, 7) is 8.65. The van der Waals surface area contributed by atoms with E-state index in [1.165, 1.54) is 5.56 Å². The number of imidazole rings is 1. The lowest BCUT2D eigenvalue weighted by Gasteiger charge is -2.29. The third-order valence-electron chi connectivity index (χ3n) is 5.99. The number of carbonyl (C=O) groups excluding carboxylic acids is 1. The Kier molecular flexibility index (Phi) is 5.27. The van der Waals surface area contributed by atoms with Crippen molar-refractivity contribution in [1.29, 1.82) is 0 Å². The van der Waals surface area contributed by atoms with Crippen LogP contribution in [0.2, 0.25) is 0 Å². The van der Waals surface area contributed by atoms with Crippen LogP contribution in [0, 0.1) is 6.92 Å². The van der Waals surface area contributed by atoms with Crippen molar-refractivity contribution in [2.75, 3.05) is 6.54 Å². The maximum absolute atomic E-state index is 12.9. The van der Waals surface area contributed by atoms with E-state index in [0.717, 1.165) is 33.8 Å². The van der Waals surface area contributed by atoms with Crippen LogP contribution >= 0.6 is 0 Å². The predicted octanol–water partition coefficient (Wildman–Crippen LogP) is 4.75. The van der Waals surface area contributed by atoms with Gasteiger partial charge in [0.05, 0.1) is 23.6 Å². The summed E-state index contributed by atoms with van der Waals surface area (Å²) in [6, 6.07) is 15.5. The molecule has 174 valence electrons. The van der Waals surface area contributed by atoms with Gasteiger partial charge < -0.3 is 14.0 Å². The molecule has 0 fully saturated rings. The van der Waals surface area contributed by atoms with Crippen molar-refractivity contribution in [1.82, 2.24) is 18.9 Å². The van der Waals surface area contributed by atoms with Gasteiger partial charge in [-0.3, -0.25) is 9.36 Å². The molecule has 1 amide bonds. The molecule has 7 nitrogen and oxygen atoms in total. The van der Waals surface area contributed by atoms with E-state index in [-0.39, 0.29) is 11.7 Å². The molecule has 0 saturated heterocycles. The zero-order chi connectivity index (χ0) is 24.0. The first-order chi connectivity index (χ1) is 16.2. The Morgan fingerprint density at radius 2 is 1.76 bits per heavy atom. The summed E-state index contributed by atoms with van der Waals surface area (Å²) in [5, 5.41) is 0. The molecule has 1 aliphatic heterocycles. The maximum Gasteiger partial charge on any atom is 0.410 e. The van der Waals surface area contributed by atoms with Gasteiger partial charge in [0.15, 0.2) is 0 Å². The van der Waals surface area contributed by atoms with Crippen molar-refractivity contribution in [3.05, 3.63) is 88.2 Å². The number of fused-ring (bicyclic) bond motifs is 3. The number of hydrogen-bond donors (Lipinski definition) is 0. The molecule has 0 saturated carbocycles. The Labute approximate surface area is 198 Å². The largest absolute Gasteiger partial charge is 0.444 e. The normalized spacial score (nSPS) is 13.7. The van der Waals surface area contributed by atoms with Gasteiger partial charge in [-0.05, 0) is 51.0 Å². The number of aryl methyl sites for hydroxylation is 1. The highest BCUT2D eigenvalue weighted by atomic mass is 16.6. The van der Waals surface area contributed by atoms with Crippen molar-refractivity contribution in [3.8, 4) is 16.8 Å². The van der Waals surface area contributed by atoms with Gasteiger partial charge >= 0.3 is 6.09 Å². The van der Waals surface area contributed by atoms with Crippen LogP contribution in [0.25, 0.3) is 22.5 Å². The summed E-state index contributed by atoms with van der Waals surface area (Å²) < 4.78 is 9.15. The van der Waals surface area contributed by atoms with Gasteiger partial charge in [-0.25, -0.2) is 9.78 Å². The monoisotopic (exact) mass is 456 g/mol. The fourth-order valence-corrected chi connectivity index (χ4v) is 4.25. The smallest absolute Gasteiger partial charge is 0.410 e. The van der Waals surface area contributed by atoms with E-state index in [1.54, 1.807) is 21.7 Å². The Morgan fingerprint density at radius 1 is 1.00 bits per heavy atom. The van der Waals surface area contributed by atoms with Gasteiger partial charge in [0.25, 0.3) is 5.56 Å². The molecule has 0 spiro atoms. The van der Waals surface area contributed by atoms with Crippen molar-refractivity contribution in [3.63, 3.8) is 0 Å². The standard InChI is InChI=1S/C27H28N4O3/c1-18-5-7-19(8-6-18)20-9-13-30(25(32)15-20)21-10-14-31-23-17-29(26(33)34-27(2,3)4)12-11-22(23)28-24(31)16-21/h5-10,13-16H,11-12,17H2,1-4H3. The van der Waals surface area contributed by atoms with Gasteiger partial charge in [-0.2, -0.15) is 0 Å². The molecule has 0 bridgehead atoms. The minimum absolute atomic E-state index is 0.102. The van der Waals surface area contributed by atoms with Crippen LogP contribution in [0.4, 0.5) is 4.79 Å². The molecule has 4 aromatic rings. The molecule has 7 heteroatoms. The minimum atomic E-state index is -0.534. The van der Waals surface area contributed by atoms with Gasteiger partial charge in [-0.15, -0.1) is 0 Å². The zero-order valence-corrected chi connectivity index (χ0v) is 19.9. The highest BCUT2D eigenvalue weighted by molar-refractivity contribution is 5.69. The fourth-order valence-electron chi connectivity index (χ4n) is 4.25.